The average Bonchev–Trinajstić information content (AvgIpc) is 2.24. The molecule has 3 nitrogen and oxygen atoms in total. The zero-order valence-corrected chi connectivity index (χ0v) is 10.6. The van der Waals surface area contributed by atoms with Crippen molar-refractivity contribution in [2.75, 3.05) is 5.75 Å². The molecule has 16 heavy (non-hydrogen) atoms. The third-order valence-electron chi connectivity index (χ3n) is 1.99. The second-order valence-corrected chi connectivity index (χ2v) is 5.78. The highest BCUT2D eigenvalue weighted by Gasteiger charge is 2.12. The van der Waals surface area contributed by atoms with Gasteiger partial charge in [-0.05, 0) is 18.6 Å². The van der Waals surface area contributed by atoms with Gasteiger partial charge in [0, 0.05) is 6.20 Å². The van der Waals surface area contributed by atoms with E-state index in [0.29, 0.717) is 0 Å². The lowest BCUT2D eigenvalue weighted by Crippen LogP contribution is -2.04. The van der Waals surface area contributed by atoms with Crippen LogP contribution in [0.15, 0.2) is 35.4 Å². The summed E-state index contributed by atoms with van der Waals surface area (Å²) in [6.45, 7) is 2.04. The van der Waals surface area contributed by atoms with Crippen molar-refractivity contribution in [1.82, 2.24) is 4.98 Å². The lowest BCUT2D eigenvalue weighted by molar-refractivity contribution is 0.599. The molecule has 0 aromatic carbocycles. The smallest absolute Gasteiger partial charge is 0.182 e. The number of allylic oxidation sites excluding steroid dienone is 1. The molecule has 0 bridgehead atoms. The fraction of sp³-hybridized carbons (Fsp3) is 0.364. The van der Waals surface area contributed by atoms with Gasteiger partial charge in [0.15, 0.2) is 9.84 Å². The molecule has 0 fully saturated rings. The van der Waals surface area contributed by atoms with Crippen molar-refractivity contribution in [1.29, 1.82) is 0 Å². The molecule has 88 valence electrons. The molecule has 0 amide bonds. The predicted octanol–water partition coefficient (Wildman–Crippen LogP) is 2.87. The van der Waals surface area contributed by atoms with E-state index < -0.39 is 9.84 Å². The van der Waals surface area contributed by atoms with Gasteiger partial charge >= 0.3 is 0 Å². The summed E-state index contributed by atoms with van der Waals surface area (Å²) in [4.78, 5) is 3.96. The van der Waals surface area contributed by atoms with E-state index in [0.717, 1.165) is 12.8 Å². The average molecular weight is 260 g/mol. The van der Waals surface area contributed by atoms with Gasteiger partial charge in [-0.15, -0.1) is 0 Å². The zero-order chi connectivity index (χ0) is 12.0. The minimum atomic E-state index is -3.27. The third-order valence-corrected chi connectivity index (χ3v) is 3.80. The van der Waals surface area contributed by atoms with E-state index in [1.54, 1.807) is 6.08 Å². The molecule has 0 radical (unpaired) electrons. The first-order valence-electron chi connectivity index (χ1n) is 5.05. The van der Waals surface area contributed by atoms with Crippen LogP contribution in [0.25, 0.3) is 0 Å². The SMILES string of the molecule is CCCC=CCS(=O)(=O)c1ccnc(Cl)c1. The fourth-order valence-electron chi connectivity index (χ4n) is 1.15. The van der Waals surface area contributed by atoms with Crippen molar-refractivity contribution < 1.29 is 8.42 Å². The van der Waals surface area contributed by atoms with Crippen molar-refractivity contribution >= 4 is 21.4 Å². The first-order chi connectivity index (χ1) is 7.56. The molecule has 0 saturated heterocycles. The van der Waals surface area contributed by atoms with Crippen LogP contribution in [0.4, 0.5) is 0 Å². The Morgan fingerprint density at radius 3 is 2.81 bits per heavy atom. The van der Waals surface area contributed by atoms with Crippen LogP contribution in [-0.4, -0.2) is 19.2 Å². The number of sulfone groups is 1. The van der Waals surface area contributed by atoms with Crippen LogP contribution in [0.5, 0.6) is 0 Å². The number of nitrogens with zero attached hydrogens (tertiary/aromatic N) is 1. The van der Waals surface area contributed by atoms with Gasteiger partial charge in [0.25, 0.3) is 0 Å². The topological polar surface area (TPSA) is 47.0 Å². The fourth-order valence-corrected chi connectivity index (χ4v) is 2.53. The van der Waals surface area contributed by atoms with Gasteiger partial charge in [-0.1, -0.05) is 37.1 Å². The molecule has 0 aliphatic carbocycles. The monoisotopic (exact) mass is 259 g/mol. The molecule has 0 atom stereocenters. The number of unbranched alkanes of at least 4 members (excludes halogenated alkanes) is 1. The van der Waals surface area contributed by atoms with Gasteiger partial charge in [-0.3, -0.25) is 0 Å². The number of hydrogen-bond donors (Lipinski definition) is 0. The maximum Gasteiger partial charge on any atom is 0.182 e. The predicted molar refractivity (Wildman–Crippen MR) is 65.3 cm³/mol. The second kappa shape index (κ2) is 6.01. The van der Waals surface area contributed by atoms with E-state index in [-0.39, 0.29) is 15.8 Å². The molecular formula is C11H14ClNO2S. The molecule has 1 rings (SSSR count). The normalized spacial score (nSPS) is 12.1. The van der Waals surface area contributed by atoms with E-state index >= 15 is 0 Å². The van der Waals surface area contributed by atoms with E-state index in [4.69, 9.17) is 11.6 Å². The van der Waals surface area contributed by atoms with Crippen molar-refractivity contribution in [3.05, 3.63) is 35.6 Å². The maximum absolute atomic E-state index is 11.8. The Kier molecular flexibility index (Phi) is 4.96. The van der Waals surface area contributed by atoms with Crippen molar-refractivity contribution in [3.63, 3.8) is 0 Å². The second-order valence-electron chi connectivity index (χ2n) is 3.36. The molecule has 0 unspecified atom stereocenters. The summed E-state index contributed by atoms with van der Waals surface area (Å²) >= 11 is 5.64. The Morgan fingerprint density at radius 2 is 2.19 bits per heavy atom. The standard InChI is InChI=1S/C11H14ClNO2S/c1-2-3-4-5-8-16(14,15)10-6-7-13-11(12)9-10/h4-7,9H,2-3,8H2,1H3. The molecule has 0 saturated carbocycles. The summed E-state index contributed by atoms with van der Waals surface area (Å²) < 4.78 is 23.6. The molecule has 1 aromatic rings. The molecule has 1 heterocycles. The molecule has 0 spiro atoms. The molecule has 5 heteroatoms. The van der Waals surface area contributed by atoms with Crippen LogP contribution in [0, 0.1) is 0 Å². The van der Waals surface area contributed by atoms with Gasteiger partial charge in [0.2, 0.25) is 0 Å². The van der Waals surface area contributed by atoms with Gasteiger partial charge in [0.05, 0.1) is 10.6 Å². The first kappa shape index (κ1) is 13.2. The summed E-state index contributed by atoms with van der Waals surface area (Å²) in [7, 11) is -3.27. The third kappa shape index (κ3) is 3.94. The first-order valence-corrected chi connectivity index (χ1v) is 7.08. The van der Waals surface area contributed by atoms with E-state index in [2.05, 4.69) is 4.98 Å². The highest BCUT2D eigenvalue weighted by molar-refractivity contribution is 7.91. The van der Waals surface area contributed by atoms with Crippen LogP contribution in [-0.2, 0) is 9.84 Å². The quantitative estimate of drug-likeness (QED) is 0.603. The van der Waals surface area contributed by atoms with Gasteiger partial charge in [0.1, 0.15) is 5.15 Å². The van der Waals surface area contributed by atoms with E-state index in [9.17, 15) is 8.42 Å². The van der Waals surface area contributed by atoms with Crippen LogP contribution in [0.2, 0.25) is 5.15 Å². The number of hydrogen-bond acceptors (Lipinski definition) is 3. The summed E-state index contributed by atoms with van der Waals surface area (Å²) in [6, 6.07) is 2.82. The number of pyridine rings is 1. The highest BCUT2D eigenvalue weighted by atomic mass is 35.5. The Balaban J connectivity index is 2.78. The van der Waals surface area contributed by atoms with E-state index in [1.807, 2.05) is 13.0 Å². The van der Waals surface area contributed by atoms with Crippen LogP contribution in [0.1, 0.15) is 19.8 Å². The maximum atomic E-state index is 11.8. The Hall–Kier alpha value is -0.870. The highest BCUT2D eigenvalue weighted by Crippen LogP contribution is 2.14. The van der Waals surface area contributed by atoms with Crippen LogP contribution >= 0.6 is 11.6 Å². The van der Waals surface area contributed by atoms with Gasteiger partial charge < -0.3 is 0 Å². The molecule has 0 aliphatic rings. The molecular weight excluding hydrogens is 246 g/mol. The van der Waals surface area contributed by atoms with Crippen molar-refractivity contribution in [3.8, 4) is 0 Å². The summed E-state index contributed by atoms with van der Waals surface area (Å²) in [5.74, 6) is 0.00728. The van der Waals surface area contributed by atoms with Crippen molar-refractivity contribution in [2.24, 2.45) is 0 Å². The lowest BCUT2D eigenvalue weighted by Gasteiger charge is -2.00. The minimum absolute atomic E-state index is 0.00728. The summed E-state index contributed by atoms with van der Waals surface area (Å²) in [6.07, 6.45) is 6.85. The molecule has 1 aromatic heterocycles. The van der Waals surface area contributed by atoms with Crippen molar-refractivity contribution in [2.45, 2.75) is 24.7 Å². The number of aromatic nitrogens is 1. The Labute approximate surface area is 101 Å². The Bertz CT molecular complexity index is 469. The van der Waals surface area contributed by atoms with Crippen LogP contribution < -0.4 is 0 Å². The summed E-state index contributed by atoms with van der Waals surface area (Å²) in [5, 5.41) is 0.193. The number of rotatable bonds is 5. The lowest BCUT2D eigenvalue weighted by atomic mass is 10.3. The summed E-state index contributed by atoms with van der Waals surface area (Å²) in [5.41, 5.74) is 0. The largest absolute Gasteiger partial charge is 0.244 e. The molecule has 0 N–H and O–H groups in total. The number of halogens is 1. The Morgan fingerprint density at radius 1 is 1.44 bits per heavy atom. The zero-order valence-electron chi connectivity index (χ0n) is 9.06. The van der Waals surface area contributed by atoms with E-state index in [1.165, 1.54) is 18.3 Å². The van der Waals surface area contributed by atoms with Gasteiger partial charge in [-0.2, -0.15) is 0 Å². The molecule has 0 aliphatic heterocycles. The minimum Gasteiger partial charge on any atom is -0.244 e. The van der Waals surface area contributed by atoms with Crippen LogP contribution in [0.3, 0.4) is 0 Å². The van der Waals surface area contributed by atoms with Gasteiger partial charge in [-0.25, -0.2) is 13.4 Å².